The molecule has 2 aliphatic heterocycles. The Bertz CT molecular complexity index is 475. The van der Waals surface area contributed by atoms with Crippen LogP contribution in [0, 0.1) is 12.8 Å². The topological polar surface area (TPSA) is 65.1 Å². The van der Waals surface area contributed by atoms with Crippen molar-refractivity contribution < 1.29 is 4.74 Å². The second-order valence-electron chi connectivity index (χ2n) is 5.73. The second-order valence-corrected chi connectivity index (χ2v) is 6.09. The first-order valence-electron chi connectivity index (χ1n) is 6.89. The van der Waals surface area contributed by atoms with Gasteiger partial charge in [-0.3, -0.25) is 16.0 Å². The van der Waals surface area contributed by atoms with Crippen LogP contribution < -0.4 is 11.3 Å². The van der Waals surface area contributed by atoms with Crippen LogP contribution in [-0.2, 0) is 18.2 Å². The third kappa shape index (κ3) is 2.29. The molecule has 0 radical (unpaired) electrons. The van der Waals surface area contributed by atoms with E-state index in [1.54, 1.807) is 4.68 Å². The van der Waals surface area contributed by atoms with Gasteiger partial charge in [0.05, 0.1) is 17.9 Å². The Morgan fingerprint density at radius 3 is 2.84 bits per heavy atom. The van der Waals surface area contributed by atoms with Gasteiger partial charge in [-0.15, -0.1) is 0 Å². The van der Waals surface area contributed by atoms with Gasteiger partial charge in [-0.05, 0) is 32.6 Å². The van der Waals surface area contributed by atoms with Crippen LogP contribution in [0.15, 0.2) is 0 Å². The van der Waals surface area contributed by atoms with Crippen molar-refractivity contribution in [1.82, 2.24) is 15.2 Å². The normalized spacial score (nSPS) is 31.1. The van der Waals surface area contributed by atoms with E-state index in [2.05, 4.69) is 10.5 Å². The molecule has 3 heterocycles. The highest BCUT2D eigenvalue weighted by molar-refractivity contribution is 6.30. The minimum absolute atomic E-state index is 0.204. The van der Waals surface area contributed by atoms with E-state index in [0.717, 1.165) is 30.5 Å². The Kier molecular flexibility index (Phi) is 3.55. The number of hydrogen-bond acceptors (Lipinski definition) is 4. The van der Waals surface area contributed by atoms with E-state index in [-0.39, 0.29) is 6.04 Å². The lowest BCUT2D eigenvalue weighted by Crippen LogP contribution is -2.45. The number of halogens is 1. The summed E-state index contributed by atoms with van der Waals surface area (Å²) in [5.41, 5.74) is 5.04. The molecule has 0 spiro atoms. The van der Waals surface area contributed by atoms with E-state index < -0.39 is 0 Å². The molecule has 4 atom stereocenters. The largest absolute Gasteiger partial charge is 0.375 e. The number of nitrogens with two attached hydrogens (primary N) is 1. The molecule has 3 rings (SSSR count). The number of ether oxygens (including phenoxy) is 1. The van der Waals surface area contributed by atoms with Crippen LogP contribution in [0.2, 0.25) is 5.15 Å². The van der Waals surface area contributed by atoms with Gasteiger partial charge in [-0.2, -0.15) is 5.10 Å². The van der Waals surface area contributed by atoms with Crippen LogP contribution in [0.4, 0.5) is 0 Å². The molecule has 6 heteroatoms. The average Bonchev–Trinajstić information content (AvgIpc) is 3.06. The lowest BCUT2D eigenvalue weighted by Gasteiger charge is -2.27. The third-order valence-electron chi connectivity index (χ3n) is 4.58. The number of fused-ring (bicyclic) bond motifs is 2. The van der Waals surface area contributed by atoms with Gasteiger partial charge in [0.2, 0.25) is 0 Å². The van der Waals surface area contributed by atoms with Crippen molar-refractivity contribution in [2.45, 2.75) is 50.9 Å². The minimum Gasteiger partial charge on any atom is -0.375 e. The Balaban J connectivity index is 1.76. The first-order valence-corrected chi connectivity index (χ1v) is 7.27. The van der Waals surface area contributed by atoms with Gasteiger partial charge < -0.3 is 4.74 Å². The number of nitrogens with zero attached hydrogens (tertiary/aromatic N) is 2. The fraction of sp³-hybridized carbons (Fsp3) is 0.769. The van der Waals surface area contributed by atoms with Crippen molar-refractivity contribution in [2.75, 3.05) is 0 Å². The van der Waals surface area contributed by atoms with E-state index in [0.29, 0.717) is 23.3 Å². The molecular weight excluding hydrogens is 264 g/mol. The Hall–Kier alpha value is -0.620. The maximum Gasteiger partial charge on any atom is 0.130 e. The summed E-state index contributed by atoms with van der Waals surface area (Å²) < 4.78 is 7.64. The zero-order valence-corrected chi connectivity index (χ0v) is 12.2. The van der Waals surface area contributed by atoms with Gasteiger partial charge in [-0.25, -0.2) is 0 Å². The minimum atomic E-state index is 0.204. The maximum absolute atomic E-state index is 6.30. The number of hydrazine groups is 1. The molecule has 19 heavy (non-hydrogen) atoms. The van der Waals surface area contributed by atoms with E-state index in [1.807, 2.05) is 14.0 Å². The number of aromatic nitrogens is 2. The lowest BCUT2D eigenvalue weighted by atomic mass is 9.82. The quantitative estimate of drug-likeness (QED) is 0.647. The highest BCUT2D eigenvalue weighted by Crippen LogP contribution is 2.41. The summed E-state index contributed by atoms with van der Waals surface area (Å²) in [6.45, 7) is 1.99. The molecule has 0 amide bonds. The standard InChI is InChI=1S/C13H21ClN4O/c1-7-9(13(14)18(2)17-7)6-11(16-15)10-5-8-3-4-12(10)19-8/h8,10-12,16H,3-6,15H2,1-2H3. The molecule has 2 bridgehead atoms. The molecule has 2 aliphatic rings. The fourth-order valence-corrected chi connectivity index (χ4v) is 3.81. The van der Waals surface area contributed by atoms with Crippen molar-refractivity contribution in [2.24, 2.45) is 18.8 Å². The molecule has 0 saturated carbocycles. The van der Waals surface area contributed by atoms with Gasteiger partial charge in [0.1, 0.15) is 5.15 Å². The average molecular weight is 285 g/mol. The first-order chi connectivity index (χ1) is 9.10. The molecule has 5 nitrogen and oxygen atoms in total. The smallest absolute Gasteiger partial charge is 0.130 e. The summed E-state index contributed by atoms with van der Waals surface area (Å²) in [6.07, 6.45) is 5.08. The molecular formula is C13H21ClN4O. The highest BCUT2D eigenvalue weighted by Gasteiger charge is 2.44. The predicted molar refractivity (Wildman–Crippen MR) is 73.8 cm³/mol. The van der Waals surface area contributed by atoms with Gasteiger partial charge in [-0.1, -0.05) is 11.6 Å². The highest BCUT2D eigenvalue weighted by atomic mass is 35.5. The van der Waals surface area contributed by atoms with E-state index in [4.69, 9.17) is 22.2 Å². The van der Waals surface area contributed by atoms with Gasteiger partial charge in [0, 0.05) is 24.6 Å². The van der Waals surface area contributed by atoms with Crippen LogP contribution in [-0.4, -0.2) is 28.0 Å². The molecule has 2 fully saturated rings. The Labute approximate surface area is 118 Å². The summed E-state index contributed by atoms with van der Waals surface area (Å²) >= 11 is 6.30. The van der Waals surface area contributed by atoms with Crippen molar-refractivity contribution >= 4 is 11.6 Å². The van der Waals surface area contributed by atoms with Crippen molar-refractivity contribution in [3.63, 3.8) is 0 Å². The van der Waals surface area contributed by atoms with Crippen LogP contribution in [0.3, 0.4) is 0 Å². The maximum atomic E-state index is 6.30. The number of aryl methyl sites for hydroxylation is 2. The molecule has 3 N–H and O–H groups in total. The van der Waals surface area contributed by atoms with E-state index >= 15 is 0 Å². The van der Waals surface area contributed by atoms with Gasteiger partial charge in [0.15, 0.2) is 0 Å². The summed E-state index contributed by atoms with van der Waals surface area (Å²) in [5.74, 6) is 6.25. The summed E-state index contributed by atoms with van der Waals surface area (Å²) in [5, 5.41) is 5.07. The van der Waals surface area contributed by atoms with Crippen molar-refractivity contribution in [3.05, 3.63) is 16.4 Å². The van der Waals surface area contributed by atoms with E-state index in [1.165, 1.54) is 6.42 Å². The zero-order chi connectivity index (χ0) is 13.6. The predicted octanol–water partition coefficient (Wildman–Crippen LogP) is 1.32. The van der Waals surface area contributed by atoms with Crippen molar-refractivity contribution in [3.8, 4) is 0 Å². The fourth-order valence-electron chi connectivity index (χ4n) is 3.56. The van der Waals surface area contributed by atoms with Crippen LogP contribution >= 0.6 is 11.6 Å². The van der Waals surface area contributed by atoms with Gasteiger partial charge in [0.25, 0.3) is 0 Å². The molecule has 2 saturated heterocycles. The third-order valence-corrected chi connectivity index (χ3v) is 5.05. The molecule has 106 valence electrons. The zero-order valence-electron chi connectivity index (χ0n) is 11.4. The molecule has 0 aromatic carbocycles. The Morgan fingerprint density at radius 1 is 1.58 bits per heavy atom. The first kappa shape index (κ1) is 13.4. The summed E-state index contributed by atoms with van der Waals surface area (Å²) in [7, 11) is 1.87. The van der Waals surface area contributed by atoms with Crippen LogP contribution in [0.5, 0.6) is 0 Å². The Morgan fingerprint density at radius 2 is 2.37 bits per heavy atom. The second kappa shape index (κ2) is 5.05. The summed E-state index contributed by atoms with van der Waals surface area (Å²) in [4.78, 5) is 0. The molecule has 4 unspecified atom stereocenters. The molecule has 1 aromatic rings. The van der Waals surface area contributed by atoms with Crippen LogP contribution in [0.25, 0.3) is 0 Å². The summed E-state index contributed by atoms with van der Waals surface area (Å²) in [6, 6.07) is 0.204. The molecule has 0 aliphatic carbocycles. The number of rotatable bonds is 4. The van der Waals surface area contributed by atoms with E-state index in [9.17, 15) is 0 Å². The lowest BCUT2D eigenvalue weighted by molar-refractivity contribution is 0.0857. The monoisotopic (exact) mass is 284 g/mol. The number of nitrogens with one attached hydrogen (secondary N) is 1. The van der Waals surface area contributed by atoms with Gasteiger partial charge >= 0.3 is 0 Å². The van der Waals surface area contributed by atoms with Crippen LogP contribution in [0.1, 0.15) is 30.5 Å². The molecule has 1 aromatic heterocycles. The number of hydrogen-bond donors (Lipinski definition) is 2. The van der Waals surface area contributed by atoms with Crippen molar-refractivity contribution in [1.29, 1.82) is 0 Å². The SMILES string of the molecule is Cc1nn(C)c(Cl)c1CC(NN)C1CC2CCC1O2.